The first-order chi connectivity index (χ1) is 6.96. The molecule has 0 spiro atoms. The average Bonchev–Trinajstić information content (AvgIpc) is 2.12. The third-order valence-electron chi connectivity index (χ3n) is 2.89. The lowest BCUT2D eigenvalue weighted by atomic mass is 9.97. The molecule has 0 aromatic carbocycles. The van der Waals surface area contributed by atoms with Crippen LogP contribution >= 0.6 is 0 Å². The van der Waals surface area contributed by atoms with Crippen molar-refractivity contribution in [3.63, 3.8) is 0 Å². The second kappa shape index (κ2) is 4.94. The summed E-state index contributed by atoms with van der Waals surface area (Å²) in [4.78, 5) is 13.4. The molecule has 4 nitrogen and oxygen atoms in total. The Morgan fingerprint density at radius 1 is 1.67 bits per heavy atom. The van der Waals surface area contributed by atoms with Crippen LogP contribution in [0.4, 0.5) is 0 Å². The Bertz CT molecular complexity index is 229. The first-order valence-electron chi connectivity index (χ1n) is 5.73. The smallest absolute Gasteiger partial charge is 0.239 e. The fourth-order valence-corrected chi connectivity index (χ4v) is 2.16. The van der Waals surface area contributed by atoms with Gasteiger partial charge in [0.15, 0.2) is 0 Å². The number of hydrogen-bond acceptors (Lipinski definition) is 3. The minimum Gasteiger partial charge on any atom is -0.388 e. The summed E-state index contributed by atoms with van der Waals surface area (Å²) in [6, 6.07) is -0.365. The molecule has 1 amide bonds. The standard InChI is InChI=1S/C11H22N2O2/c1-3-6-11(2,15)8-13-7-4-5-9(12)10(13)14/h9,15H,3-8,12H2,1-2H3. The molecular weight excluding hydrogens is 192 g/mol. The summed E-state index contributed by atoms with van der Waals surface area (Å²) >= 11 is 0. The zero-order valence-electron chi connectivity index (χ0n) is 9.70. The molecule has 1 rings (SSSR count). The van der Waals surface area contributed by atoms with Crippen molar-refractivity contribution >= 4 is 5.91 Å². The van der Waals surface area contributed by atoms with Gasteiger partial charge in [0.1, 0.15) is 0 Å². The topological polar surface area (TPSA) is 66.6 Å². The summed E-state index contributed by atoms with van der Waals surface area (Å²) in [7, 11) is 0. The van der Waals surface area contributed by atoms with Gasteiger partial charge in [-0.05, 0) is 26.2 Å². The van der Waals surface area contributed by atoms with Crippen LogP contribution in [-0.2, 0) is 4.79 Å². The third kappa shape index (κ3) is 3.47. The highest BCUT2D eigenvalue weighted by Crippen LogP contribution is 2.17. The second-order valence-corrected chi connectivity index (χ2v) is 4.76. The maximum absolute atomic E-state index is 11.7. The molecule has 2 unspecified atom stereocenters. The molecule has 15 heavy (non-hydrogen) atoms. The number of carbonyl (C=O) groups excluding carboxylic acids is 1. The SMILES string of the molecule is CCCC(C)(O)CN1CCCC(N)C1=O. The Morgan fingerprint density at radius 3 is 2.93 bits per heavy atom. The number of rotatable bonds is 4. The van der Waals surface area contributed by atoms with E-state index in [1.54, 1.807) is 11.8 Å². The molecule has 0 aromatic rings. The maximum atomic E-state index is 11.7. The lowest BCUT2D eigenvalue weighted by Gasteiger charge is -2.36. The minimum absolute atomic E-state index is 0.0161. The molecule has 88 valence electrons. The predicted octanol–water partition coefficient (Wildman–Crippen LogP) is 0.487. The van der Waals surface area contributed by atoms with Gasteiger partial charge in [0.2, 0.25) is 5.91 Å². The Balaban J connectivity index is 2.53. The summed E-state index contributed by atoms with van der Waals surface area (Å²) in [6.07, 6.45) is 3.34. The molecule has 0 radical (unpaired) electrons. The van der Waals surface area contributed by atoms with Crippen LogP contribution in [0.15, 0.2) is 0 Å². The van der Waals surface area contributed by atoms with Gasteiger partial charge in [0.25, 0.3) is 0 Å². The van der Waals surface area contributed by atoms with E-state index in [-0.39, 0.29) is 11.9 Å². The van der Waals surface area contributed by atoms with Crippen LogP contribution in [0.2, 0.25) is 0 Å². The minimum atomic E-state index is -0.776. The van der Waals surface area contributed by atoms with E-state index < -0.39 is 5.60 Å². The van der Waals surface area contributed by atoms with Crippen molar-refractivity contribution in [3.8, 4) is 0 Å². The molecule has 1 fully saturated rings. The van der Waals surface area contributed by atoms with Crippen molar-refractivity contribution in [3.05, 3.63) is 0 Å². The summed E-state index contributed by atoms with van der Waals surface area (Å²) < 4.78 is 0. The highest BCUT2D eigenvalue weighted by atomic mass is 16.3. The van der Waals surface area contributed by atoms with Crippen LogP contribution < -0.4 is 5.73 Å². The van der Waals surface area contributed by atoms with Gasteiger partial charge < -0.3 is 15.7 Å². The zero-order chi connectivity index (χ0) is 11.5. The van der Waals surface area contributed by atoms with E-state index in [9.17, 15) is 9.90 Å². The lowest BCUT2D eigenvalue weighted by molar-refractivity contribution is -0.138. The molecule has 1 saturated heterocycles. The molecule has 0 bridgehead atoms. The zero-order valence-corrected chi connectivity index (χ0v) is 9.70. The van der Waals surface area contributed by atoms with Crippen molar-refractivity contribution < 1.29 is 9.90 Å². The van der Waals surface area contributed by atoms with Crippen LogP contribution in [0.1, 0.15) is 39.5 Å². The van der Waals surface area contributed by atoms with E-state index in [1.807, 2.05) is 6.92 Å². The molecule has 4 heteroatoms. The van der Waals surface area contributed by atoms with Gasteiger partial charge in [-0.25, -0.2) is 0 Å². The van der Waals surface area contributed by atoms with Gasteiger partial charge >= 0.3 is 0 Å². The van der Waals surface area contributed by atoms with E-state index in [4.69, 9.17) is 5.73 Å². The van der Waals surface area contributed by atoms with Crippen LogP contribution in [0.5, 0.6) is 0 Å². The predicted molar refractivity (Wildman–Crippen MR) is 59.3 cm³/mol. The highest BCUT2D eigenvalue weighted by Gasteiger charge is 2.31. The number of amides is 1. The number of aliphatic hydroxyl groups is 1. The van der Waals surface area contributed by atoms with Crippen molar-refractivity contribution in [1.82, 2.24) is 4.90 Å². The van der Waals surface area contributed by atoms with Crippen LogP contribution in [0, 0.1) is 0 Å². The number of likely N-dealkylation sites (tertiary alicyclic amines) is 1. The molecule has 0 aliphatic carbocycles. The molecule has 0 saturated carbocycles. The third-order valence-corrected chi connectivity index (χ3v) is 2.89. The first-order valence-corrected chi connectivity index (χ1v) is 5.73. The van der Waals surface area contributed by atoms with Crippen molar-refractivity contribution in [1.29, 1.82) is 0 Å². The van der Waals surface area contributed by atoms with E-state index >= 15 is 0 Å². The van der Waals surface area contributed by atoms with Crippen molar-refractivity contribution in [2.45, 2.75) is 51.2 Å². The number of nitrogens with two attached hydrogens (primary N) is 1. The number of β-amino-alcohol motifs (C(OH)–C–C–N with tert-alkyl or cyclic N) is 1. The van der Waals surface area contributed by atoms with E-state index in [0.717, 1.165) is 25.8 Å². The average molecular weight is 214 g/mol. The fourth-order valence-electron chi connectivity index (χ4n) is 2.16. The second-order valence-electron chi connectivity index (χ2n) is 4.76. The number of carbonyl (C=O) groups is 1. The lowest BCUT2D eigenvalue weighted by Crippen LogP contribution is -2.53. The summed E-state index contributed by atoms with van der Waals surface area (Å²) in [6.45, 7) is 4.95. The Morgan fingerprint density at radius 2 is 2.33 bits per heavy atom. The summed E-state index contributed by atoms with van der Waals surface area (Å²) in [5, 5.41) is 10.0. The maximum Gasteiger partial charge on any atom is 0.239 e. The van der Waals surface area contributed by atoms with E-state index in [0.29, 0.717) is 13.0 Å². The molecule has 3 N–H and O–H groups in total. The summed E-state index contributed by atoms with van der Waals surface area (Å²) in [5.74, 6) is -0.0161. The molecule has 0 aromatic heterocycles. The largest absolute Gasteiger partial charge is 0.388 e. The molecular formula is C11H22N2O2. The van der Waals surface area contributed by atoms with Crippen LogP contribution in [0.25, 0.3) is 0 Å². The summed E-state index contributed by atoms with van der Waals surface area (Å²) in [5.41, 5.74) is 4.91. The van der Waals surface area contributed by atoms with Gasteiger partial charge in [0.05, 0.1) is 11.6 Å². The van der Waals surface area contributed by atoms with Crippen molar-refractivity contribution in [2.75, 3.05) is 13.1 Å². The normalized spacial score (nSPS) is 26.5. The highest BCUT2D eigenvalue weighted by molar-refractivity contribution is 5.82. The monoisotopic (exact) mass is 214 g/mol. The van der Waals surface area contributed by atoms with Crippen molar-refractivity contribution in [2.24, 2.45) is 5.73 Å². The Labute approximate surface area is 91.4 Å². The van der Waals surface area contributed by atoms with E-state index in [2.05, 4.69) is 0 Å². The van der Waals surface area contributed by atoms with Gasteiger partial charge in [-0.1, -0.05) is 13.3 Å². The molecule has 1 aliphatic heterocycles. The number of nitrogens with zero attached hydrogens (tertiary/aromatic N) is 1. The number of hydrogen-bond donors (Lipinski definition) is 2. The quantitative estimate of drug-likeness (QED) is 0.715. The van der Waals surface area contributed by atoms with Gasteiger partial charge in [0, 0.05) is 13.1 Å². The van der Waals surface area contributed by atoms with Gasteiger partial charge in [-0.3, -0.25) is 4.79 Å². The molecule has 1 aliphatic rings. The van der Waals surface area contributed by atoms with Gasteiger partial charge in [-0.2, -0.15) is 0 Å². The molecule has 2 atom stereocenters. The van der Waals surface area contributed by atoms with Crippen LogP contribution in [0.3, 0.4) is 0 Å². The van der Waals surface area contributed by atoms with Gasteiger partial charge in [-0.15, -0.1) is 0 Å². The first kappa shape index (κ1) is 12.5. The molecule has 1 heterocycles. The Kier molecular flexibility index (Phi) is 4.11. The fraction of sp³-hybridized carbons (Fsp3) is 0.909. The van der Waals surface area contributed by atoms with E-state index in [1.165, 1.54) is 0 Å². The van der Waals surface area contributed by atoms with Crippen LogP contribution in [-0.4, -0.2) is 40.6 Å². The number of piperidine rings is 1. The Hall–Kier alpha value is -0.610.